The Labute approximate surface area is 296 Å². The molecule has 5 rings (SSSR count). The van der Waals surface area contributed by atoms with E-state index in [0.717, 1.165) is 25.7 Å². The fourth-order valence-corrected chi connectivity index (χ4v) is 11.7. The van der Waals surface area contributed by atoms with Gasteiger partial charge >= 0.3 is 11.9 Å². The Morgan fingerprint density at radius 1 is 0.857 bits per heavy atom. The van der Waals surface area contributed by atoms with Gasteiger partial charge in [0.1, 0.15) is 6.61 Å². The van der Waals surface area contributed by atoms with Gasteiger partial charge in [0.2, 0.25) is 0 Å². The van der Waals surface area contributed by atoms with E-state index >= 15 is 0 Å². The number of carbonyl (C=O) groups excluding carboxylic acids is 2. The molecule has 0 aromatic heterocycles. The van der Waals surface area contributed by atoms with Gasteiger partial charge in [0.05, 0.1) is 36.4 Å². The summed E-state index contributed by atoms with van der Waals surface area (Å²) < 4.78 is 11.6. The van der Waals surface area contributed by atoms with Crippen molar-refractivity contribution >= 4 is 11.9 Å². The molecule has 8 nitrogen and oxygen atoms in total. The van der Waals surface area contributed by atoms with Gasteiger partial charge in [0.15, 0.2) is 0 Å². The summed E-state index contributed by atoms with van der Waals surface area (Å²) in [5.41, 5.74) is -1.43. The number of rotatable bonds is 6. The maximum absolute atomic E-state index is 12.7. The molecule has 0 bridgehead atoms. The lowest BCUT2D eigenvalue weighted by Crippen LogP contribution is -2.72. The Morgan fingerprint density at radius 2 is 1.51 bits per heavy atom. The first-order chi connectivity index (χ1) is 21.8. The first-order valence-electron chi connectivity index (χ1n) is 17.8. The number of hydrogen-bond acceptors (Lipinski definition) is 8. The van der Waals surface area contributed by atoms with Crippen molar-refractivity contribution in [2.45, 2.75) is 147 Å². The fraction of sp³-hybridized carbons (Fsp3) is 0.805. The average molecular weight is 689 g/mol. The molecule has 280 valence electrons. The molecular weight excluding hydrogens is 620 g/mol. The first-order valence-corrected chi connectivity index (χ1v) is 17.8. The highest BCUT2D eigenvalue weighted by Gasteiger charge is 2.72. The van der Waals surface area contributed by atoms with E-state index in [-0.39, 0.29) is 62.6 Å². The molecule has 4 fully saturated rings. The Morgan fingerprint density at radius 3 is 2.12 bits per heavy atom. The number of ether oxygens (including phenoxy) is 2. The molecule has 5 aliphatic carbocycles. The highest BCUT2D eigenvalue weighted by Crippen LogP contribution is 2.75. The van der Waals surface area contributed by atoms with Crippen molar-refractivity contribution in [1.29, 1.82) is 0 Å². The van der Waals surface area contributed by atoms with Gasteiger partial charge in [-0.3, -0.25) is 0 Å². The number of esters is 2. The number of aliphatic hydroxyl groups is 4. The molecule has 0 aliphatic heterocycles. The Kier molecular flexibility index (Phi) is 11.7. The molecular formula is C41H68O8. The quantitative estimate of drug-likeness (QED) is 0.134. The fourth-order valence-electron chi connectivity index (χ4n) is 11.7. The molecule has 5 aliphatic rings. The number of hydrogen-bond donors (Lipinski definition) is 4. The van der Waals surface area contributed by atoms with Crippen LogP contribution in [-0.2, 0) is 19.1 Å². The van der Waals surface area contributed by atoms with Gasteiger partial charge < -0.3 is 29.9 Å². The summed E-state index contributed by atoms with van der Waals surface area (Å²) in [5, 5.41) is 46.9. The van der Waals surface area contributed by atoms with Crippen LogP contribution in [-0.4, -0.2) is 70.0 Å². The predicted molar refractivity (Wildman–Crippen MR) is 193 cm³/mol. The normalized spacial score (nSPS) is 45.6. The smallest absolute Gasteiger partial charge is 0.333 e. The third kappa shape index (κ3) is 5.89. The van der Waals surface area contributed by atoms with E-state index in [1.165, 1.54) is 11.6 Å². The maximum Gasteiger partial charge on any atom is 0.333 e. The minimum atomic E-state index is -1.27. The van der Waals surface area contributed by atoms with E-state index in [4.69, 9.17) is 9.47 Å². The second-order valence-corrected chi connectivity index (χ2v) is 17.5. The van der Waals surface area contributed by atoms with Crippen LogP contribution >= 0.6 is 0 Å². The molecule has 4 saturated carbocycles. The zero-order chi connectivity index (χ0) is 35.0. The van der Waals surface area contributed by atoms with Crippen LogP contribution in [0.4, 0.5) is 0 Å². The number of allylic oxidation sites excluding steroid dienone is 4. The monoisotopic (exact) mass is 688 g/mol. The highest BCUT2D eigenvalue weighted by molar-refractivity contribution is 5.87. The van der Waals surface area contributed by atoms with Crippen LogP contribution in [0, 0.1) is 50.2 Å². The van der Waals surface area contributed by atoms with Crippen molar-refractivity contribution in [3.8, 4) is 0 Å². The summed E-state index contributed by atoms with van der Waals surface area (Å²) >= 11 is 0. The lowest BCUT2D eigenvalue weighted by Gasteiger charge is -2.72. The molecule has 8 heteroatoms. The van der Waals surface area contributed by atoms with Gasteiger partial charge in [-0.15, -0.1) is 0 Å². The standard InChI is InChI=1S/C39H60O8.2CH4/c1-10-12-30(42)46-22-39-25(19-34(4,5)31(43)32(39)44)24-13-14-27-35(6)17-16-28(40)36(7,21-47-33(45)23(3)11-2)26(35)15-18-37(27,8)38(24,9)20-29(39)41;;/h10-13,25-29,31-32,40-41,43-44H,14-22H2,1-9H3;2*1H4/b12-10+,23-11+;;/t25?,26?,27?,28-,29+,31-,32-,35-,36+,37+,38+,39-;;/m0../s1. The van der Waals surface area contributed by atoms with Crippen LogP contribution in [0.1, 0.15) is 122 Å². The second-order valence-electron chi connectivity index (χ2n) is 17.5. The molecule has 0 saturated heterocycles. The van der Waals surface area contributed by atoms with Crippen LogP contribution in [0.15, 0.2) is 35.5 Å². The lowest BCUT2D eigenvalue weighted by atomic mass is 9.33. The maximum atomic E-state index is 12.7. The van der Waals surface area contributed by atoms with Crippen LogP contribution in [0.3, 0.4) is 0 Å². The van der Waals surface area contributed by atoms with E-state index in [0.29, 0.717) is 24.8 Å². The Balaban J connectivity index is 0.00000325. The van der Waals surface area contributed by atoms with Crippen LogP contribution < -0.4 is 0 Å². The van der Waals surface area contributed by atoms with Gasteiger partial charge in [-0.05, 0) is 105 Å². The van der Waals surface area contributed by atoms with Crippen LogP contribution in [0.2, 0.25) is 0 Å². The van der Waals surface area contributed by atoms with Gasteiger partial charge in [-0.2, -0.15) is 0 Å². The molecule has 0 spiro atoms. The summed E-state index contributed by atoms with van der Waals surface area (Å²) in [6.45, 7) is 18.4. The lowest BCUT2D eigenvalue weighted by molar-refractivity contribution is -0.260. The molecule has 3 unspecified atom stereocenters. The van der Waals surface area contributed by atoms with Crippen molar-refractivity contribution in [2.75, 3.05) is 13.2 Å². The molecule has 49 heavy (non-hydrogen) atoms. The number of fused-ring (bicyclic) bond motifs is 7. The molecule has 12 atom stereocenters. The van der Waals surface area contributed by atoms with Gasteiger partial charge in [0, 0.05) is 17.1 Å². The van der Waals surface area contributed by atoms with Crippen molar-refractivity contribution in [1.82, 2.24) is 0 Å². The third-order valence-electron chi connectivity index (χ3n) is 15.0. The van der Waals surface area contributed by atoms with Crippen LogP contribution in [0.25, 0.3) is 0 Å². The molecule has 0 amide bonds. The van der Waals surface area contributed by atoms with Crippen molar-refractivity contribution < 1.29 is 39.5 Å². The summed E-state index contributed by atoms with van der Waals surface area (Å²) in [6.07, 6.45) is 8.09. The number of carbonyl (C=O) groups is 2. The van der Waals surface area contributed by atoms with Gasteiger partial charge in [-0.25, -0.2) is 9.59 Å². The minimum absolute atomic E-state index is 0. The van der Waals surface area contributed by atoms with Gasteiger partial charge in [-0.1, -0.05) is 80.2 Å². The molecule has 0 aromatic rings. The largest absolute Gasteiger partial charge is 0.462 e. The van der Waals surface area contributed by atoms with Crippen molar-refractivity contribution in [2.24, 2.45) is 50.2 Å². The molecule has 4 N–H and O–H groups in total. The van der Waals surface area contributed by atoms with E-state index < -0.39 is 52.0 Å². The topological polar surface area (TPSA) is 134 Å². The van der Waals surface area contributed by atoms with E-state index in [1.54, 1.807) is 26.0 Å². The SMILES string of the molecule is C.C.C/C=C/C(=O)OC[C@@]12C(CC(C)(C)[C@@H](O)[C@@H]1O)C1=CCC3[C@@]4(C)CC[C@H](O)[C@](C)(COC(=O)/C(C)=C/C)C4CC[C@@]3(C)[C@]1(C)C[C@H]2O. The van der Waals surface area contributed by atoms with E-state index in [2.05, 4.69) is 33.8 Å². The Bertz CT molecular complexity index is 1350. The minimum Gasteiger partial charge on any atom is -0.462 e. The number of aliphatic hydroxyl groups excluding tert-OH is 4. The second kappa shape index (κ2) is 13.9. The first kappa shape index (κ1) is 41.4. The summed E-state index contributed by atoms with van der Waals surface area (Å²) in [7, 11) is 0. The highest BCUT2D eigenvalue weighted by atomic mass is 16.5. The molecule has 0 radical (unpaired) electrons. The van der Waals surface area contributed by atoms with E-state index in [9.17, 15) is 30.0 Å². The zero-order valence-corrected chi connectivity index (χ0v) is 30.1. The van der Waals surface area contributed by atoms with Crippen molar-refractivity contribution in [3.05, 3.63) is 35.5 Å². The third-order valence-corrected chi connectivity index (χ3v) is 15.0. The molecule has 0 aromatic carbocycles. The predicted octanol–water partition coefficient (Wildman–Crippen LogP) is 6.94. The van der Waals surface area contributed by atoms with E-state index in [1.807, 2.05) is 20.8 Å². The van der Waals surface area contributed by atoms with Crippen molar-refractivity contribution in [3.63, 3.8) is 0 Å². The molecule has 0 heterocycles. The van der Waals surface area contributed by atoms with Crippen LogP contribution in [0.5, 0.6) is 0 Å². The average Bonchev–Trinajstić information content (AvgIpc) is 3.00. The summed E-state index contributed by atoms with van der Waals surface area (Å²) in [4.78, 5) is 25.2. The summed E-state index contributed by atoms with van der Waals surface area (Å²) in [5.74, 6) is -0.776. The zero-order valence-electron chi connectivity index (χ0n) is 30.1. The summed E-state index contributed by atoms with van der Waals surface area (Å²) in [6, 6.07) is 0. The van der Waals surface area contributed by atoms with Gasteiger partial charge in [0.25, 0.3) is 0 Å². The Hall–Kier alpha value is -2.00.